The van der Waals surface area contributed by atoms with Crippen LogP contribution in [0.3, 0.4) is 0 Å². The van der Waals surface area contributed by atoms with Crippen LogP contribution in [-0.4, -0.2) is 18.7 Å². The Morgan fingerprint density at radius 1 is 0.938 bits per heavy atom. The van der Waals surface area contributed by atoms with E-state index >= 15 is 0 Å². The fourth-order valence-corrected chi connectivity index (χ4v) is 4.87. The average Bonchev–Trinajstić information content (AvgIpc) is 2.75. The summed E-state index contributed by atoms with van der Waals surface area (Å²) in [5, 5.41) is 1.41. The Morgan fingerprint density at radius 2 is 1.59 bits per heavy atom. The summed E-state index contributed by atoms with van der Waals surface area (Å²) in [6.45, 7) is 7.68. The maximum Gasteiger partial charge on any atom is 1.00 e. The van der Waals surface area contributed by atoms with E-state index in [0.717, 1.165) is 41.6 Å². The maximum absolute atomic E-state index is 13.0. The molecule has 0 N–H and O–H groups in total. The number of hydrogen-bond donors (Lipinski definition) is 0. The topological polar surface area (TPSA) is 35.5 Å². The van der Waals surface area contributed by atoms with Crippen LogP contribution in [0.1, 0.15) is 82.6 Å². The molecule has 0 aromatic heterocycles. The Hall–Kier alpha value is -0.973. The summed E-state index contributed by atoms with van der Waals surface area (Å²) in [5.74, 6) is 1.55. The fourth-order valence-electron chi connectivity index (χ4n) is 3.35. The number of aryl methyl sites for hydroxylation is 1. The number of rotatable bonds is 15. The standard InChI is InChI=1S/C26H36ClO3P.Li.H/c1-4-6-8-10-17-29-21-15-16-24(23(19-21)30-18-11-9-7-5-2)31-26(28)25-20(3)13-12-14-22(25)27;;/h12-16,19,31H,4-11,17-18H2,1-3H3;;/q;+1;-1. The average molecular weight is 471 g/mol. The van der Waals surface area contributed by atoms with Crippen molar-refractivity contribution < 1.29 is 34.6 Å². The molecule has 6 heteroatoms. The van der Waals surface area contributed by atoms with Gasteiger partial charge in [0.15, 0.2) is 5.52 Å². The van der Waals surface area contributed by atoms with Crippen LogP contribution in [0.5, 0.6) is 11.5 Å². The van der Waals surface area contributed by atoms with Crippen molar-refractivity contribution in [3.05, 3.63) is 52.5 Å². The quantitative estimate of drug-likeness (QED) is 0.212. The molecule has 2 aromatic carbocycles. The van der Waals surface area contributed by atoms with E-state index in [1.165, 1.54) is 32.1 Å². The molecule has 0 bridgehead atoms. The minimum absolute atomic E-state index is 0. The van der Waals surface area contributed by atoms with Gasteiger partial charge in [0.2, 0.25) is 0 Å². The van der Waals surface area contributed by atoms with E-state index in [4.69, 9.17) is 21.1 Å². The molecule has 1 atom stereocenters. The number of carbonyl (C=O) groups is 1. The molecule has 0 spiro atoms. The predicted octanol–water partition coefficient (Wildman–Crippen LogP) is 4.83. The molecular weight excluding hydrogens is 434 g/mol. The van der Waals surface area contributed by atoms with Gasteiger partial charge in [0.25, 0.3) is 0 Å². The molecule has 0 aliphatic heterocycles. The monoisotopic (exact) mass is 470 g/mol. The van der Waals surface area contributed by atoms with Gasteiger partial charge in [-0.05, 0) is 52.1 Å². The van der Waals surface area contributed by atoms with E-state index in [1.807, 2.05) is 37.3 Å². The Bertz CT molecular complexity index is 815. The van der Waals surface area contributed by atoms with Crippen molar-refractivity contribution in [2.75, 3.05) is 13.2 Å². The molecule has 0 heterocycles. The van der Waals surface area contributed by atoms with E-state index in [2.05, 4.69) is 13.8 Å². The molecule has 2 aromatic rings. The summed E-state index contributed by atoms with van der Waals surface area (Å²) in [6.07, 6.45) is 9.25. The van der Waals surface area contributed by atoms with Crippen LogP contribution < -0.4 is 33.6 Å². The summed E-state index contributed by atoms with van der Waals surface area (Å²) in [7, 11) is -0.0458. The Kier molecular flexibility index (Phi) is 15.1. The largest absolute Gasteiger partial charge is 1.00 e. The minimum Gasteiger partial charge on any atom is -1.00 e. The smallest absolute Gasteiger partial charge is 1.00 e. The number of unbranched alkanes of at least 4 members (excludes halogenated alkanes) is 6. The van der Waals surface area contributed by atoms with Crippen LogP contribution >= 0.6 is 20.2 Å². The van der Waals surface area contributed by atoms with Crippen LogP contribution in [-0.2, 0) is 0 Å². The predicted molar refractivity (Wildman–Crippen MR) is 135 cm³/mol. The van der Waals surface area contributed by atoms with Crippen LogP contribution in [0.2, 0.25) is 5.02 Å². The summed E-state index contributed by atoms with van der Waals surface area (Å²) >= 11 is 6.31. The van der Waals surface area contributed by atoms with Crippen LogP contribution in [0.4, 0.5) is 0 Å². The van der Waals surface area contributed by atoms with Gasteiger partial charge in [-0.15, -0.1) is 0 Å². The van der Waals surface area contributed by atoms with Crippen molar-refractivity contribution >= 4 is 31.0 Å². The molecule has 0 saturated carbocycles. The van der Waals surface area contributed by atoms with Crippen molar-refractivity contribution in [1.29, 1.82) is 0 Å². The molecule has 32 heavy (non-hydrogen) atoms. The Labute approximate surface area is 214 Å². The zero-order valence-electron chi connectivity index (χ0n) is 21.1. The van der Waals surface area contributed by atoms with Gasteiger partial charge in [-0.2, -0.15) is 0 Å². The van der Waals surface area contributed by atoms with Crippen LogP contribution in [0.25, 0.3) is 0 Å². The van der Waals surface area contributed by atoms with Crippen LogP contribution in [0.15, 0.2) is 36.4 Å². The van der Waals surface area contributed by atoms with Gasteiger partial charge in [-0.3, -0.25) is 4.79 Å². The van der Waals surface area contributed by atoms with E-state index in [-0.39, 0.29) is 34.4 Å². The number of carbonyl (C=O) groups excluding carboxylic acids is 1. The van der Waals surface area contributed by atoms with E-state index in [1.54, 1.807) is 6.07 Å². The second kappa shape index (κ2) is 16.6. The summed E-state index contributed by atoms with van der Waals surface area (Å²) in [4.78, 5) is 13.0. The minimum atomic E-state index is -0.0458. The molecule has 0 amide bonds. The van der Waals surface area contributed by atoms with E-state index < -0.39 is 0 Å². The third-order valence-corrected chi connectivity index (χ3v) is 6.65. The molecule has 3 nitrogen and oxygen atoms in total. The third kappa shape index (κ3) is 9.89. The normalized spacial score (nSPS) is 10.9. The number of hydrogen-bond acceptors (Lipinski definition) is 3. The van der Waals surface area contributed by atoms with Gasteiger partial charge < -0.3 is 10.9 Å². The zero-order valence-corrected chi connectivity index (χ0v) is 21.9. The summed E-state index contributed by atoms with van der Waals surface area (Å²) < 4.78 is 12.0. The molecule has 1 unspecified atom stereocenters. The van der Waals surface area contributed by atoms with Gasteiger partial charge in [0.1, 0.15) is 11.5 Å². The zero-order chi connectivity index (χ0) is 22.5. The molecule has 0 radical (unpaired) electrons. The van der Waals surface area contributed by atoms with Gasteiger partial charge in [0, 0.05) is 16.9 Å². The van der Waals surface area contributed by atoms with Gasteiger partial charge in [-0.25, -0.2) is 0 Å². The molecule has 0 saturated heterocycles. The number of halogens is 1. The first-order chi connectivity index (χ1) is 15.1. The molecule has 0 aliphatic carbocycles. The van der Waals surface area contributed by atoms with E-state index in [9.17, 15) is 4.79 Å². The second-order valence-electron chi connectivity index (χ2n) is 7.86. The van der Waals surface area contributed by atoms with Crippen molar-refractivity contribution in [2.45, 2.75) is 72.1 Å². The SMILES string of the molecule is CCCCCCOc1ccc(PC(=O)c2c(C)cccc2Cl)c(OCCCCCC)c1.[H-].[Li+]. The maximum atomic E-state index is 13.0. The van der Waals surface area contributed by atoms with Crippen molar-refractivity contribution in [1.82, 2.24) is 0 Å². The molecule has 172 valence electrons. The Morgan fingerprint density at radius 3 is 2.22 bits per heavy atom. The van der Waals surface area contributed by atoms with Gasteiger partial charge in [-0.1, -0.05) is 76.1 Å². The second-order valence-corrected chi connectivity index (χ2v) is 9.51. The van der Waals surface area contributed by atoms with Crippen molar-refractivity contribution in [3.63, 3.8) is 0 Å². The first-order valence-electron chi connectivity index (χ1n) is 11.5. The summed E-state index contributed by atoms with van der Waals surface area (Å²) in [6, 6.07) is 11.4. The first-order valence-corrected chi connectivity index (χ1v) is 12.9. The molecular formula is C26H37ClLiO3P. The third-order valence-electron chi connectivity index (χ3n) is 5.17. The first kappa shape index (κ1) is 29.1. The van der Waals surface area contributed by atoms with Gasteiger partial charge >= 0.3 is 18.9 Å². The van der Waals surface area contributed by atoms with Crippen molar-refractivity contribution in [2.24, 2.45) is 0 Å². The van der Waals surface area contributed by atoms with E-state index in [0.29, 0.717) is 23.8 Å². The van der Waals surface area contributed by atoms with Crippen LogP contribution in [0, 0.1) is 6.92 Å². The number of benzene rings is 2. The molecule has 0 fully saturated rings. The number of ether oxygens (including phenoxy) is 2. The molecule has 2 rings (SSSR count). The van der Waals surface area contributed by atoms with Crippen molar-refractivity contribution in [3.8, 4) is 11.5 Å². The fraction of sp³-hybridized carbons (Fsp3) is 0.500. The Balaban J connectivity index is 0.00000512. The summed E-state index contributed by atoms with van der Waals surface area (Å²) in [5.41, 5.74) is 1.54. The molecule has 0 aliphatic rings. The van der Waals surface area contributed by atoms with Gasteiger partial charge in [0.05, 0.1) is 18.2 Å².